The Morgan fingerprint density at radius 1 is 1.30 bits per heavy atom. The number of rotatable bonds is 3. The van der Waals surface area contributed by atoms with Crippen molar-refractivity contribution in [1.29, 1.82) is 0 Å². The molecule has 0 unspecified atom stereocenters. The van der Waals surface area contributed by atoms with Gasteiger partial charge in [-0.2, -0.15) is 0 Å². The zero-order valence-electron chi connectivity index (χ0n) is 13.1. The van der Waals surface area contributed by atoms with Crippen LogP contribution in [0.1, 0.15) is 11.1 Å². The fraction of sp³-hybridized carbons (Fsp3) is 0.278. The number of carbonyl (C=O) groups is 1. The zero-order chi connectivity index (χ0) is 16.4. The molecule has 0 atom stereocenters. The summed E-state index contributed by atoms with van der Waals surface area (Å²) >= 11 is 0. The van der Waals surface area contributed by atoms with Crippen LogP contribution in [-0.2, 0) is 4.79 Å². The minimum absolute atomic E-state index is 0.0787. The van der Waals surface area contributed by atoms with Gasteiger partial charge in [-0.05, 0) is 43.2 Å². The third-order valence-electron chi connectivity index (χ3n) is 3.74. The first-order chi connectivity index (χ1) is 11.1. The summed E-state index contributed by atoms with van der Waals surface area (Å²) in [6, 6.07) is 9.97. The van der Waals surface area contributed by atoms with Crippen LogP contribution in [0.25, 0.3) is 0 Å². The maximum absolute atomic E-state index is 13.6. The van der Waals surface area contributed by atoms with Gasteiger partial charge in [-0.25, -0.2) is 4.39 Å². The molecule has 0 aliphatic carbocycles. The van der Waals surface area contributed by atoms with Crippen LogP contribution in [0.2, 0.25) is 0 Å². The van der Waals surface area contributed by atoms with Crippen LogP contribution >= 0.6 is 0 Å². The zero-order valence-corrected chi connectivity index (χ0v) is 13.1. The molecule has 120 valence electrons. The number of hydrogen-bond donors (Lipinski definition) is 0. The van der Waals surface area contributed by atoms with E-state index in [1.165, 1.54) is 12.1 Å². The lowest BCUT2D eigenvalue weighted by Crippen LogP contribution is -2.41. The van der Waals surface area contributed by atoms with E-state index < -0.39 is 5.82 Å². The van der Waals surface area contributed by atoms with E-state index in [-0.39, 0.29) is 18.3 Å². The Morgan fingerprint density at radius 2 is 2.09 bits per heavy atom. The van der Waals surface area contributed by atoms with Crippen molar-refractivity contribution in [2.75, 3.05) is 24.7 Å². The summed E-state index contributed by atoms with van der Waals surface area (Å²) in [7, 11) is 0. The van der Waals surface area contributed by atoms with Crippen LogP contribution in [0.5, 0.6) is 11.5 Å². The summed E-state index contributed by atoms with van der Waals surface area (Å²) in [6.45, 7) is 4.60. The minimum Gasteiger partial charge on any atom is -0.490 e. The molecule has 0 spiro atoms. The van der Waals surface area contributed by atoms with Crippen molar-refractivity contribution in [2.24, 2.45) is 0 Å². The van der Waals surface area contributed by atoms with E-state index >= 15 is 0 Å². The van der Waals surface area contributed by atoms with Crippen LogP contribution < -0.4 is 14.4 Å². The first-order valence-corrected chi connectivity index (χ1v) is 7.48. The number of amides is 1. The number of para-hydroxylation sites is 1. The van der Waals surface area contributed by atoms with E-state index in [2.05, 4.69) is 0 Å². The fourth-order valence-corrected chi connectivity index (χ4v) is 2.76. The molecule has 1 aliphatic heterocycles. The molecule has 5 heteroatoms. The largest absolute Gasteiger partial charge is 0.490 e. The van der Waals surface area contributed by atoms with E-state index in [0.29, 0.717) is 18.9 Å². The molecule has 2 aromatic rings. The summed E-state index contributed by atoms with van der Waals surface area (Å²) in [4.78, 5) is 14.2. The molecule has 0 bridgehead atoms. The molecule has 23 heavy (non-hydrogen) atoms. The van der Waals surface area contributed by atoms with Gasteiger partial charge in [0.2, 0.25) is 0 Å². The molecule has 0 aromatic heterocycles. The second-order valence-corrected chi connectivity index (χ2v) is 5.54. The number of nitrogens with zero attached hydrogens (tertiary/aromatic N) is 1. The number of aryl methyl sites for hydroxylation is 2. The number of anilines is 1. The first kappa shape index (κ1) is 15.3. The first-order valence-electron chi connectivity index (χ1n) is 7.48. The van der Waals surface area contributed by atoms with Gasteiger partial charge in [-0.3, -0.25) is 4.79 Å². The maximum atomic E-state index is 13.6. The normalized spacial score (nSPS) is 13.3. The number of fused-ring (bicyclic) bond motifs is 1. The Bertz CT molecular complexity index is 745. The molecule has 0 saturated heterocycles. The highest BCUT2D eigenvalue weighted by Crippen LogP contribution is 2.36. The van der Waals surface area contributed by atoms with E-state index in [9.17, 15) is 9.18 Å². The van der Waals surface area contributed by atoms with E-state index in [1.54, 1.807) is 17.0 Å². The molecule has 0 saturated carbocycles. The smallest absolute Gasteiger partial charge is 0.265 e. The highest BCUT2D eigenvalue weighted by atomic mass is 19.1. The SMILES string of the molecule is Cc1cc(C)c2c(c1)OCCN2C(=O)COc1ccccc1F. The summed E-state index contributed by atoms with van der Waals surface area (Å²) in [5.74, 6) is 0.0854. The van der Waals surface area contributed by atoms with Crippen molar-refractivity contribution in [2.45, 2.75) is 13.8 Å². The van der Waals surface area contributed by atoms with Crippen molar-refractivity contribution in [3.05, 3.63) is 53.3 Å². The van der Waals surface area contributed by atoms with Crippen LogP contribution in [0.3, 0.4) is 0 Å². The average molecular weight is 315 g/mol. The third kappa shape index (κ3) is 3.13. The maximum Gasteiger partial charge on any atom is 0.265 e. The van der Waals surface area contributed by atoms with Gasteiger partial charge in [0.25, 0.3) is 5.91 Å². The molecule has 0 fully saturated rings. The van der Waals surface area contributed by atoms with Crippen LogP contribution in [0, 0.1) is 19.7 Å². The summed E-state index contributed by atoms with van der Waals surface area (Å²) in [6.07, 6.45) is 0. The quantitative estimate of drug-likeness (QED) is 0.873. The number of benzene rings is 2. The van der Waals surface area contributed by atoms with Gasteiger partial charge in [0, 0.05) is 0 Å². The number of hydrogen-bond acceptors (Lipinski definition) is 3. The van der Waals surface area contributed by atoms with Crippen molar-refractivity contribution in [1.82, 2.24) is 0 Å². The molecule has 1 heterocycles. The molecule has 1 amide bonds. The summed E-state index contributed by atoms with van der Waals surface area (Å²) in [5.41, 5.74) is 2.82. The van der Waals surface area contributed by atoms with Crippen LogP contribution in [-0.4, -0.2) is 25.7 Å². The molecule has 0 radical (unpaired) electrons. The number of carbonyl (C=O) groups excluding carboxylic acids is 1. The van der Waals surface area contributed by atoms with Crippen LogP contribution in [0.15, 0.2) is 36.4 Å². The van der Waals surface area contributed by atoms with Crippen molar-refractivity contribution in [3.8, 4) is 11.5 Å². The minimum atomic E-state index is -0.477. The lowest BCUT2D eigenvalue weighted by atomic mass is 10.1. The average Bonchev–Trinajstić information content (AvgIpc) is 2.53. The van der Waals surface area contributed by atoms with E-state index in [1.807, 2.05) is 26.0 Å². The third-order valence-corrected chi connectivity index (χ3v) is 3.74. The lowest BCUT2D eigenvalue weighted by Gasteiger charge is -2.31. The lowest BCUT2D eigenvalue weighted by molar-refractivity contribution is -0.120. The molecule has 4 nitrogen and oxygen atoms in total. The van der Waals surface area contributed by atoms with Crippen LogP contribution in [0.4, 0.5) is 10.1 Å². The number of ether oxygens (including phenoxy) is 2. The molecule has 1 aliphatic rings. The fourth-order valence-electron chi connectivity index (χ4n) is 2.76. The molecular weight excluding hydrogens is 297 g/mol. The Morgan fingerprint density at radius 3 is 2.87 bits per heavy atom. The summed E-state index contributed by atoms with van der Waals surface area (Å²) < 4.78 is 24.5. The Kier molecular flexibility index (Phi) is 4.19. The second kappa shape index (κ2) is 6.28. The van der Waals surface area contributed by atoms with Gasteiger partial charge >= 0.3 is 0 Å². The Labute approximate surface area is 134 Å². The van der Waals surface area contributed by atoms with Gasteiger partial charge in [0.05, 0.1) is 12.2 Å². The Hall–Kier alpha value is -2.56. The number of halogens is 1. The standard InChI is InChI=1S/C18H18FNO3/c1-12-9-13(2)18-16(10-12)22-8-7-20(18)17(21)11-23-15-6-4-3-5-14(15)19/h3-6,9-10H,7-8,11H2,1-2H3. The predicted molar refractivity (Wildman–Crippen MR) is 85.7 cm³/mol. The molecule has 0 N–H and O–H groups in total. The Balaban J connectivity index is 1.78. The van der Waals surface area contributed by atoms with Gasteiger partial charge in [0.1, 0.15) is 12.4 Å². The predicted octanol–water partition coefficient (Wildman–Crippen LogP) is 3.25. The monoisotopic (exact) mass is 315 g/mol. The molecular formula is C18H18FNO3. The van der Waals surface area contributed by atoms with Crippen molar-refractivity contribution < 1.29 is 18.7 Å². The van der Waals surface area contributed by atoms with E-state index in [4.69, 9.17) is 9.47 Å². The highest BCUT2D eigenvalue weighted by Gasteiger charge is 2.26. The van der Waals surface area contributed by atoms with Crippen molar-refractivity contribution in [3.63, 3.8) is 0 Å². The highest BCUT2D eigenvalue weighted by molar-refractivity contribution is 5.97. The van der Waals surface area contributed by atoms with Gasteiger partial charge < -0.3 is 14.4 Å². The van der Waals surface area contributed by atoms with Gasteiger partial charge in [-0.1, -0.05) is 18.2 Å². The second-order valence-electron chi connectivity index (χ2n) is 5.54. The summed E-state index contributed by atoms with van der Waals surface area (Å²) in [5, 5.41) is 0. The van der Waals surface area contributed by atoms with E-state index in [0.717, 1.165) is 16.8 Å². The molecule has 2 aromatic carbocycles. The van der Waals surface area contributed by atoms with Gasteiger partial charge in [-0.15, -0.1) is 0 Å². The van der Waals surface area contributed by atoms with Gasteiger partial charge in [0.15, 0.2) is 18.2 Å². The molecule has 3 rings (SSSR count). The topological polar surface area (TPSA) is 38.8 Å². The van der Waals surface area contributed by atoms with Crippen molar-refractivity contribution >= 4 is 11.6 Å².